The number of benzene rings is 2. The van der Waals surface area contributed by atoms with Gasteiger partial charge in [0.1, 0.15) is 5.75 Å². The number of rotatable bonds is 6. The van der Waals surface area contributed by atoms with Gasteiger partial charge in [0.25, 0.3) is 0 Å². The van der Waals surface area contributed by atoms with Crippen molar-refractivity contribution in [2.75, 3.05) is 7.11 Å². The molecule has 2 aromatic rings. The topological polar surface area (TPSA) is 9.23 Å². The molecule has 1 unspecified atom stereocenters. The summed E-state index contributed by atoms with van der Waals surface area (Å²) in [4.78, 5) is 0. The van der Waals surface area contributed by atoms with Gasteiger partial charge >= 0.3 is 0 Å². The van der Waals surface area contributed by atoms with E-state index in [1.807, 2.05) is 6.07 Å². The molecule has 1 nitrogen and oxygen atoms in total. The molecule has 0 heterocycles. The fraction of sp³-hybridized carbons (Fsp3) is 0.263. The minimum Gasteiger partial charge on any atom is -0.497 e. The van der Waals surface area contributed by atoms with Crippen LogP contribution in [0.2, 0.25) is 18.6 Å². The van der Waals surface area contributed by atoms with Gasteiger partial charge < -0.3 is 4.74 Å². The molecule has 2 heteroatoms. The molecule has 0 aliphatic carbocycles. The second-order valence-corrected chi connectivity index (χ2v) is 10.7. The summed E-state index contributed by atoms with van der Waals surface area (Å²) in [6, 6.07) is 19.2. The van der Waals surface area contributed by atoms with Gasteiger partial charge in [-0.05, 0) is 29.7 Å². The number of methoxy groups -OCH3 is 1. The van der Waals surface area contributed by atoms with E-state index in [2.05, 4.69) is 74.3 Å². The predicted molar refractivity (Wildman–Crippen MR) is 94.2 cm³/mol. The van der Waals surface area contributed by atoms with E-state index >= 15 is 0 Å². The van der Waals surface area contributed by atoms with Crippen molar-refractivity contribution in [2.45, 2.75) is 25.1 Å². The maximum absolute atomic E-state index is 5.33. The third-order valence-corrected chi connectivity index (χ3v) is 8.43. The van der Waals surface area contributed by atoms with Gasteiger partial charge in [-0.25, -0.2) is 0 Å². The van der Waals surface area contributed by atoms with Gasteiger partial charge in [0.15, 0.2) is 0 Å². The first-order valence-electron chi connectivity index (χ1n) is 7.39. The van der Waals surface area contributed by atoms with E-state index in [-0.39, 0.29) is 0 Å². The number of ether oxygens (including phenoxy) is 1. The van der Waals surface area contributed by atoms with Gasteiger partial charge in [-0.2, -0.15) is 0 Å². The minimum absolute atomic E-state index is 0.506. The van der Waals surface area contributed by atoms with E-state index in [1.165, 1.54) is 10.8 Å². The quantitative estimate of drug-likeness (QED) is 0.567. The van der Waals surface area contributed by atoms with Crippen LogP contribution in [0.5, 0.6) is 5.75 Å². The van der Waals surface area contributed by atoms with Gasteiger partial charge in [0.2, 0.25) is 0 Å². The molecule has 0 aromatic heterocycles. The second kappa shape index (κ2) is 6.77. The lowest BCUT2D eigenvalue weighted by atomic mass is 10.1. The largest absolute Gasteiger partial charge is 0.497 e. The van der Waals surface area contributed by atoms with Gasteiger partial charge in [-0.1, -0.05) is 66.8 Å². The highest BCUT2D eigenvalue weighted by atomic mass is 28.3. The van der Waals surface area contributed by atoms with Crippen LogP contribution < -0.4 is 9.92 Å². The highest BCUT2D eigenvalue weighted by molar-refractivity contribution is 6.91. The van der Waals surface area contributed by atoms with Gasteiger partial charge in [-0.15, -0.1) is 6.58 Å². The van der Waals surface area contributed by atoms with Gasteiger partial charge in [0, 0.05) is 0 Å². The highest BCUT2D eigenvalue weighted by Gasteiger charge is 2.31. The molecular formula is C19H24OSi. The van der Waals surface area contributed by atoms with Crippen LogP contribution in [0.15, 0.2) is 67.3 Å². The predicted octanol–water partition coefficient (Wildman–Crippen LogP) is 4.41. The Labute approximate surface area is 129 Å². The molecule has 0 saturated heterocycles. The Kier molecular flexibility index (Phi) is 5.02. The number of allylic oxidation sites excluding steroid dienone is 1. The molecule has 0 aliphatic rings. The Morgan fingerprint density at radius 3 is 2.43 bits per heavy atom. The smallest absolute Gasteiger partial charge is 0.119 e. The summed E-state index contributed by atoms with van der Waals surface area (Å²) < 4.78 is 5.33. The zero-order chi connectivity index (χ0) is 15.3. The third-order valence-electron chi connectivity index (χ3n) is 4.32. The van der Waals surface area contributed by atoms with E-state index in [0.717, 1.165) is 12.2 Å². The standard InChI is InChI=1S/C19H24OSi/c1-5-18(15-16-10-9-11-17(14-16)20-2)21(3,4)19-12-7-6-8-13-19/h5-14,18H,1,15H2,2-4H3. The van der Waals surface area contributed by atoms with Crippen LogP contribution in [0.4, 0.5) is 0 Å². The lowest BCUT2D eigenvalue weighted by molar-refractivity contribution is 0.414. The fourth-order valence-electron chi connectivity index (χ4n) is 2.77. The second-order valence-electron chi connectivity index (χ2n) is 5.99. The first-order valence-corrected chi connectivity index (χ1v) is 10.5. The van der Waals surface area contributed by atoms with Crippen molar-refractivity contribution < 1.29 is 4.74 Å². The Bertz CT molecular complexity index is 590. The molecule has 0 saturated carbocycles. The first kappa shape index (κ1) is 15.6. The summed E-state index contributed by atoms with van der Waals surface area (Å²) in [6.07, 6.45) is 3.16. The summed E-state index contributed by atoms with van der Waals surface area (Å²) in [7, 11) is 0.137. The molecule has 0 aliphatic heterocycles. The zero-order valence-corrected chi connectivity index (χ0v) is 14.2. The molecule has 0 bridgehead atoms. The molecule has 0 amide bonds. The summed E-state index contributed by atoms with van der Waals surface area (Å²) in [6.45, 7) is 8.95. The highest BCUT2D eigenvalue weighted by Crippen LogP contribution is 2.28. The van der Waals surface area contributed by atoms with Gasteiger partial charge in [-0.3, -0.25) is 0 Å². The summed E-state index contributed by atoms with van der Waals surface area (Å²) >= 11 is 0. The van der Waals surface area contributed by atoms with Crippen LogP contribution >= 0.6 is 0 Å². The Hall–Kier alpha value is -1.80. The van der Waals surface area contributed by atoms with Crippen LogP contribution in [-0.4, -0.2) is 15.2 Å². The van der Waals surface area contributed by atoms with E-state index in [9.17, 15) is 0 Å². The van der Waals surface area contributed by atoms with Crippen molar-refractivity contribution >= 4 is 13.3 Å². The summed E-state index contributed by atoms with van der Waals surface area (Å²) in [5.41, 5.74) is 1.82. The van der Waals surface area contributed by atoms with Crippen LogP contribution in [0.1, 0.15) is 5.56 Å². The number of hydrogen-bond acceptors (Lipinski definition) is 1. The van der Waals surface area contributed by atoms with Crippen LogP contribution in [-0.2, 0) is 6.42 Å². The van der Waals surface area contributed by atoms with Crippen molar-refractivity contribution in [3.8, 4) is 5.75 Å². The monoisotopic (exact) mass is 296 g/mol. The van der Waals surface area contributed by atoms with Crippen LogP contribution in [0.25, 0.3) is 0 Å². The average molecular weight is 296 g/mol. The lowest BCUT2D eigenvalue weighted by Crippen LogP contribution is -2.46. The summed E-state index contributed by atoms with van der Waals surface area (Å²) in [5, 5.41) is 1.48. The molecule has 0 radical (unpaired) electrons. The molecule has 1 atom stereocenters. The zero-order valence-electron chi connectivity index (χ0n) is 13.2. The fourth-order valence-corrected chi connectivity index (χ4v) is 5.58. The third kappa shape index (κ3) is 3.64. The number of hydrogen-bond donors (Lipinski definition) is 0. The van der Waals surface area contributed by atoms with Crippen molar-refractivity contribution in [2.24, 2.45) is 0 Å². The van der Waals surface area contributed by atoms with E-state index in [1.54, 1.807) is 7.11 Å². The average Bonchev–Trinajstić information content (AvgIpc) is 2.53. The maximum Gasteiger partial charge on any atom is 0.119 e. The molecule has 0 N–H and O–H groups in total. The van der Waals surface area contributed by atoms with Crippen LogP contribution in [0.3, 0.4) is 0 Å². The van der Waals surface area contributed by atoms with E-state index in [0.29, 0.717) is 5.54 Å². The van der Waals surface area contributed by atoms with E-state index < -0.39 is 8.07 Å². The molecule has 110 valence electrons. The van der Waals surface area contributed by atoms with Crippen molar-refractivity contribution in [1.29, 1.82) is 0 Å². The summed E-state index contributed by atoms with van der Waals surface area (Å²) in [5.74, 6) is 0.925. The normalized spacial score (nSPS) is 12.7. The van der Waals surface area contributed by atoms with Crippen molar-refractivity contribution in [1.82, 2.24) is 0 Å². The van der Waals surface area contributed by atoms with Crippen LogP contribution in [0, 0.1) is 0 Å². The Morgan fingerprint density at radius 2 is 1.81 bits per heavy atom. The van der Waals surface area contributed by atoms with Crippen molar-refractivity contribution in [3.63, 3.8) is 0 Å². The first-order chi connectivity index (χ1) is 10.1. The lowest BCUT2D eigenvalue weighted by Gasteiger charge is -2.31. The minimum atomic E-state index is -1.58. The van der Waals surface area contributed by atoms with E-state index in [4.69, 9.17) is 4.74 Å². The molecule has 21 heavy (non-hydrogen) atoms. The molecular weight excluding hydrogens is 272 g/mol. The molecule has 0 spiro atoms. The Morgan fingerprint density at radius 1 is 1.10 bits per heavy atom. The molecule has 0 fully saturated rings. The Balaban J connectivity index is 2.25. The molecule has 2 rings (SSSR count). The SMILES string of the molecule is C=CC(Cc1cccc(OC)c1)[Si](C)(C)c1ccccc1. The van der Waals surface area contributed by atoms with Crippen molar-refractivity contribution in [3.05, 3.63) is 72.8 Å². The molecule has 2 aromatic carbocycles. The maximum atomic E-state index is 5.33. The van der Waals surface area contributed by atoms with Gasteiger partial charge in [0.05, 0.1) is 15.2 Å².